The first-order valence-electron chi connectivity index (χ1n) is 7.89. The van der Waals surface area contributed by atoms with Gasteiger partial charge in [0.25, 0.3) is 0 Å². The minimum atomic E-state index is -0.172. The summed E-state index contributed by atoms with van der Waals surface area (Å²) in [6, 6.07) is 7.93. The van der Waals surface area contributed by atoms with Crippen LogP contribution < -0.4 is 10.6 Å². The van der Waals surface area contributed by atoms with Gasteiger partial charge in [0.2, 0.25) is 0 Å². The monoisotopic (exact) mass is 290 g/mol. The van der Waals surface area contributed by atoms with E-state index in [2.05, 4.69) is 36.6 Å². The van der Waals surface area contributed by atoms with Crippen molar-refractivity contribution in [1.82, 2.24) is 5.32 Å². The largest absolute Gasteiger partial charge is 0.376 e. The molecule has 3 atom stereocenters. The van der Waals surface area contributed by atoms with Gasteiger partial charge in [0.1, 0.15) is 0 Å². The maximum absolute atomic E-state index is 12.0. The van der Waals surface area contributed by atoms with Crippen molar-refractivity contribution in [3.8, 4) is 0 Å². The lowest BCUT2D eigenvalue weighted by Crippen LogP contribution is -2.42. The fourth-order valence-corrected chi connectivity index (χ4v) is 2.59. The van der Waals surface area contributed by atoms with Crippen LogP contribution in [0.1, 0.15) is 51.5 Å². The van der Waals surface area contributed by atoms with Gasteiger partial charge in [-0.05, 0) is 49.8 Å². The number of amides is 2. The Labute approximate surface area is 127 Å². The SMILES string of the molecule is CC[C@H](C)c1ccc(NC(=O)N[C@@H](C)[C@@H]2CCCO2)cc1. The van der Waals surface area contributed by atoms with Gasteiger partial charge < -0.3 is 15.4 Å². The number of ether oxygens (including phenoxy) is 1. The van der Waals surface area contributed by atoms with E-state index >= 15 is 0 Å². The van der Waals surface area contributed by atoms with Gasteiger partial charge in [-0.2, -0.15) is 0 Å². The first kappa shape index (κ1) is 15.8. The Balaban J connectivity index is 1.84. The smallest absolute Gasteiger partial charge is 0.319 e. The fraction of sp³-hybridized carbons (Fsp3) is 0.588. The van der Waals surface area contributed by atoms with Crippen LogP contribution in [0.5, 0.6) is 0 Å². The highest BCUT2D eigenvalue weighted by molar-refractivity contribution is 5.89. The van der Waals surface area contributed by atoms with Crippen molar-refractivity contribution in [3.05, 3.63) is 29.8 Å². The highest BCUT2D eigenvalue weighted by atomic mass is 16.5. The molecule has 1 aromatic carbocycles. The van der Waals surface area contributed by atoms with Crippen molar-refractivity contribution >= 4 is 11.7 Å². The quantitative estimate of drug-likeness (QED) is 0.864. The molecule has 0 aliphatic carbocycles. The maximum atomic E-state index is 12.0. The molecule has 2 N–H and O–H groups in total. The average molecular weight is 290 g/mol. The molecule has 1 aromatic rings. The van der Waals surface area contributed by atoms with Crippen molar-refractivity contribution in [3.63, 3.8) is 0 Å². The molecule has 1 fully saturated rings. The van der Waals surface area contributed by atoms with Crippen molar-refractivity contribution in [2.45, 2.75) is 58.1 Å². The number of hydrogen-bond acceptors (Lipinski definition) is 2. The minimum absolute atomic E-state index is 0.0342. The zero-order valence-electron chi connectivity index (χ0n) is 13.2. The molecule has 1 aliphatic heterocycles. The predicted octanol–water partition coefficient (Wildman–Crippen LogP) is 3.89. The lowest BCUT2D eigenvalue weighted by Gasteiger charge is -2.20. The zero-order chi connectivity index (χ0) is 15.2. The predicted molar refractivity (Wildman–Crippen MR) is 85.7 cm³/mol. The zero-order valence-corrected chi connectivity index (χ0v) is 13.2. The number of rotatable bonds is 5. The van der Waals surface area contributed by atoms with Gasteiger partial charge in [-0.1, -0.05) is 26.0 Å². The summed E-state index contributed by atoms with van der Waals surface area (Å²) in [7, 11) is 0. The van der Waals surface area contributed by atoms with Gasteiger partial charge in [0, 0.05) is 12.3 Å². The second kappa shape index (κ2) is 7.46. The third-order valence-electron chi connectivity index (χ3n) is 4.23. The van der Waals surface area contributed by atoms with Crippen LogP contribution in [0.25, 0.3) is 0 Å². The van der Waals surface area contributed by atoms with Crippen LogP contribution in [0.3, 0.4) is 0 Å². The first-order valence-corrected chi connectivity index (χ1v) is 7.89. The highest BCUT2D eigenvalue weighted by Gasteiger charge is 2.23. The van der Waals surface area contributed by atoms with Crippen LogP contribution in [0.15, 0.2) is 24.3 Å². The number of urea groups is 1. The summed E-state index contributed by atoms with van der Waals surface area (Å²) in [5, 5.41) is 5.82. The van der Waals surface area contributed by atoms with Crippen LogP contribution in [-0.2, 0) is 4.74 Å². The molecule has 2 amide bonds. The van der Waals surface area contributed by atoms with E-state index in [1.54, 1.807) is 0 Å². The van der Waals surface area contributed by atoms with Crippen LogP contribution in [0.4, 0.5) is 10.5 Å². The molecule has 1 aliphatic rings. The molecule has 1 saturated heterocycles. The van der Waals surface area contributed by atoms with E-state index < -0.39 is 0 Å². The molecule has 21 heavy (non-hydrogen) atoms. The molecular formula is C17H26N2O2. The fourth-order valence-electron chi connectivity index (χ4n) is 2.59. The third kappa shape index (κ3) is 4.46. The molecule has 0 radical (unpaired) electrons. The summed E-state index contributed by atoms with van der Waals surface area (Å²) >= 11 is 0. The Hall–Kier alpha value is -1.55. The molecule has 4 nitrogen and oxygen atoms in total. The van der Waals surface area contributed by atoms with Crippen LogP contribution >= 0.6 is 0 Å². The Morgan fingerprint density at radius 3 is 2.62 bits per heavy atom. The summed E-state index contributed by atoms with van der Waals surface area (Å²) < 4.78 is 5.58. The number of benzene rings is 1. The van der Waals surface area contributed by atoms with Gasteiger partial charge in [-0.3, -0.25) is 0 Å². The molecule has 0 unspecified atom stereocenters. The molecule has 0 saturated carbocycles. The molecular weight excluding hydrogens is 264 g/mol. The van der Waals surface area contributed by atoms with Crippen LogP contribution in [0, 0.1) is 0 Å². The van der Waals surface area contributed by atoms with E-state index in [-0.39, 0.29) is 18.2 Å². The van der Waals surface area contributed by atoms with Gasteiger partial charge in [-0.15, -0.1) is 0 Å². The third-order valence-corrected chi connectivity index (χ3v) is 4.23. The van der Waals surface area contributed by atoms with E-state index in [4.69, 9.17) is 4.74 Å². The highest BCUT2D eigenvalue weighted by Crippen LogP contribution is 2.20. The van der Waals surface area contributed by atoms with Crippen molar-refractivity contribution < 1.29 is 9.53 Å². The van der Waals surface area contributed by atoms with Gasteiger partial charge in [0.05, 0.1) is 12.1 Å². The Kier molecular flexibility index (Phi) is 5.62. The molecule has 1 heterocycles. The van der Waals surface area contributed by atoms with Crippen molar-refractivity contribution in [2.75, 3.05) is 11.9 Å². The number of carbonyl (C=O) groups excluding carboxylic acids is 1. The molecule has 2 rings (SSSR count). The summed E-state index contributed by atoms with van der Waals surface area (Å²) in [4.78, 5) is 12.0. The van der Waals surface area contributed by atoms with Gasteiger partial charge in [0.15, 0.2) is 0 Å². The molecule has 0 bridgehead atoms. The van der Waals surface area contributed by atoms with Gasteiger partial charge >= 0.3 is 6.03 Å². The number of nitrogens with one attached hydrogen (secondary N) is 2. The van der Waals surface area contributed by atoms with E-state index in [0.717, 1.165) is 31.6 Å². The van der Waals surface area contributed by atoms with Gasteiger partial charge in [-0.25, -0.2) is 4.79 Å². The Morgan fingerprint density at radius 2 is 2.05 bits per heavy atom. The molecule has 0 spiro atoms. The lowest BCUT2D eigenvalue weighted by atomic mass is 9.99. The average Bonchev–Trinajstić information content (AvgIpc) is 3.01. The lowest BCUT2D eigenvalue weighted by molar-refractivity contribution is 0.0868. The van der Waals surface area contributed by atoms with Crippen molar-refractivity contribution in [1.29, 1.82) is 0 Å². The minimum Gasteiger partial charge on any atom is -0.376 e. The number of anilines is 1. The standard InChI is InChI=1S/C17H26N2O2/c1-4-12(2)14-7-9-15(10-8-14)19-17(20)18-13(3)16-6-5-11-21-16/h7-10,12-13,16H,4-6,11H2,1-3H3,(H2,18,19,20)/t12-,13-,16-/m0/s1. The number of carbonyl (C=O) groups is 1. The Bertz CT molecular complexity index is 452. The number of hydrogen-bond donors (Lipinski definition) is 2. The second-order valence-corrected chi connectivity index (χ2v) is 5.87. The van der Waals surface area contributed by atoms with Crippen molar-refractivity contribution in [2.24, 2.45) is 0 Å². The summed E-state index contributed by atoms with van der Waals surface area (Å²) in [5.41, 5.74) is 2.12. The van der Waals surface area contributed by atoms with E-state index in [1.807, 2.05) is 19.1 Å². The normalized spacial score (nSPS) is 20.8. The summed E-state index contributed by atoms with van der Waals surface area (Å²) in [6.45, 7) is 7.17. The Morgan fingerprint density at radius 1 is 1.33 bits per heavy atom. The molecule has 0 aromatic heterocycles. The summed E-state index contributed by atoms with van der Waals surface area (Å²) in [6.07, 6.45) is 3.36. The maximum Gasteiger partial charge on any atom is 0.319 e. The summed E-state index contributed by atoms with van der Waals surface area (Å²) in [5.74, 6) is 0.549. The van der Waals surface area contributed by atoms with E-state index in [9.17, 15) is 4.79 Å². The van der Waals surface area contributed by atoms with Crippen LogP contribution in [-0.4, -0.2) is 24.8 Å². The van der Waals surface area contributed by atoms with E-state index in [1.165, 1.54) is 5.56 Å². The van der Waals surface area contributed by atoms with E-state index in [0.29, 0.717) is 5.92 Å². The molecule has 116 valence electrons. The topological polar surface area (TPSA) is 50.4 Å². The second-order valence-electron chi connectivity index (χ2n) is 5.87. The van der Waals surface area contributed by atoms with Crippen LogP contribution in [0.2, 0.25) is 0 Å². The molecule has 4 heteroatoms. The first-order chi connectivity index (χ1) is 10.1.